The molecule has 2 heteroatoms. The largest absolute Gasteiger partial charge is 0.392 e. The Morgan fingerprint density at radius 1 is 1.13 bits per heavy atom. The summed E-state index contributed by atoms with van der Waals surface area (Å²) in [5.74, 6) is 0.795. The third kappa shape index (κ3) is 3.32. The van der Waals surface area contributed by atoms with Crippen LogP contribution < -0.4 is 5.32 Å². The third-order valence-corrected chi connectivity index (χ3v) is 3.78. The molecule has 15 heavy (non-hydrogen) atoms. The fraction of sp³-hybridized carbons (Fsp3) is 0.846. The van der Waals surface area contributed by atoms with Crippen molar-refractivity contribution in [2.24, 2.45) is 5.92 Å². The van der Waals surface area contributed by atoms with E-state index < -0.39 is 0 Å². The molecule has 2 nitrogen and oxygen atoms in total. The maximum Gasteiger partial charge on any atom is 0.0693 e. The second-order valence-corrected chi connectivity index (χ2v) is 5.02. The van der Waals surface area contributed by atoms with Crippen LogP contribution in [-0.2, 0) is 0 Å². The lowest BCUT2D eigenvalue weighted by Crippen LogP contribution is -2.44. The van der Waals surface area contributed by atoms with Gasteiger partial charge in [0.25, 0.3) is 0 Å². The molecule has 86 valence electrons. The summed E-state index contributed by atoms with van der Waals surface area (Å²) >= 11 is 0. The Balaban J connectivity index is 1.69. The van der Waals surface area contributed by atoms with Gasteiger partial charge in [-0.15, -0.1) is 0 Å². The van der Waals surface area contributed by atoms with Crippen LogP contribution in [0, 0.1) is 5.92 Å². The molecule has 0 amide bonds. The topological polar surface area (TPSA) is 32.3 Å². The number of hydrogen-bond acceptors (Lipinski definition) is 2. The van der Waals surface area contributed by atoms with Crippen LogP contribution in [0.25, 0.3) is 0 Å². The van der Waals surface area contributed by atoms with Gasteiger partial charge in [-0.2, -0.15) is 0 Å². The molecule has 2 N–H and O–H groups in total. The van der Waals surface area contributed by atoms with Crippen molar-refractivity contribution in [3.05, 3.63) is 12.2 Å². The first kappa shape index (κ1) is 11.2. The summed E-state index contributed by atoms with van der Waals surface area (Å²) in [5.41, 5.74) is 0. The SMILES string of the molecule is O[C@@H]1CCCC[C@H]1NC[C@@H]1CC=CCC1. The van der Waals surface area contributed by atoms with Crippen LogP contribution in [-0.4, -0.2) is 23.8 Å². The van der Waals surface area contributed by atoms with E-state index in [1.807, 2.05) is 0 Å². The van der Waals surface area contributed by atoms with E-state index in [2.05, 4.69) is 17.5 Å². The quantitative estimate of drug-likeness (QED) is 0.699. The van der Waals surface area contributed by atoms with Crippen LogP contribution in [0.2, 0.25) is 0 Å². The molecule has 0 saturated heterocycles. The van der Waals surface area contributed by atoms with Crippen molar-refractivity contribution in [1.29, 1.82) is 0 Å². The van der Waals surface area contributed by atoms with Crippen LogP contribution in [0.1, 0.15) is 44.9 Å². The van der Waals surface area contributed by atoms with Crippen molar-refractivity contribution < 1.29 is 5.11 Å². The lowest BCUT2D eigenvalue weighted by atomic mass is 9.90. The fourth-order valence-electron chi connectivity index (χ4n) is 2.71. The summed E-state index contributed by atoms with van der Waals surface area (Å²) in [6.45, 7) is 1.09. The Hall–Kier alpha value is -0.340. The number of nitrogens with one attached hydrogen (secondary N) is 1. The summed E-state index contributed by atoms with van der Waals surface area (Å²) in [5, 5.41) is 13.4. The minimum atomic E-state index is -0.0992. The number of aliphatic hydroxyl groups is 1. The van der Waals surface area contributed by atoms with Gasteiger partial charge < -0.3 is 10.4 Å². The van der Waals surface area contributed by atoms with E-state index in [1.165, 1.54) is 32.1 Å². The molecule has 0 heterocycles. The second kappa shape index (κ2) is 5.66. The Kier molecular flexibility index (Phi) is 4.21. The van der Waals surface area contributed by atoms with Crippen LogP contribution in [0.15, 0.2) is 12.2 Å². The van der Waals surface area contributed by atoms with E-state index in [0.29, 0.717) is 6.04 Å². The molecular weight excluding hydrogens is 186 g/mol. The highest BCUT2D eigenvalue weighted by Gasteiger charge is 2.23. The summed E-state index contributed by atoms with van der Waals surface area (Å²) in [6, 6.07) is 0.365. The predicted octanol–water partition coefficient (Wildman–Crippen LogP) is 2.24. The summed E-state index contributed by atoms with van der Waals surface area (Å²) in [6.07, 6.45) is 12.9. The van der Waals surface area contributed by atoms with Crippen LogP contribution >= 0.6 is 0 Å². The van der Waals surface area contributed by atoms with Gasteiger partial charge in [-0.3, -0.25) is 0 Å². The van der Waals surface area contributed by atoms with E-state index in [4.69, 9.17) is 0 Å². The van der Waals surface area contributed by atoms with E-state index in [9.17, 15) is 5.11 Å². The van der Waals surface area contributed by atoms with E-state index in [1.54, 1.807) is 0 Å². The number of rotatable bonds is 3. The zero-order valence-electron chi connectivity index (χ0n) is 9.49. The first-order valence-corrected chi connectivity index (χ1v) is 6.42. The predicted molar refractivity (Wildman–Crippen MR) is 62.7 cm³/mol. The highest BCUT2D eigenvalue weighted by Crippen LogP contribution is 2.21. The van der Waals surface area contributed by atoms with Crippen LogP contribution in [0.4, 0.5) is 0 Å². The van der Waals surface area contributed by atoms with Gasteiger partial charge >= 0.3 is 0 Å². The first-order chi connectivity index (χ1) is 7.36. The minimum Gasteiger partial charge on any atom is -0.392 e. The van der Waals surface area contributed by atoms with Crippen molar-refractivity contribution in [1.82, 2.24) is 5.32 Å². The average Bonchev–Trinajstić information content (AvgIpc) is 2.29. The molecule has 2 rings (SSSR count). The van der Waals surface area contributed by atoms with E-state index >= 15 is 0 Å². The van der Waals surface area contributed by atoms with Gasteiger partial charge in [0.2, 0.25) is 0 Å². The molecule has 2 aliphatic rings. The lowest BCUT2D eigenvalue weighted by Gasteiger charge is -2.30. The molecular formula is C13H23NO. The second-order valence-electron chi connectivity index (χ2n) is 5.02. The van der Waals surface area contributed by atoms with Crippen molar-refractivity contribution >= 4 is 0 Å². The van der Waals surface area contributed by atoms with Crippen molar-refractivity contribution in [3.8, 4) is 0 Å². The normalized spacial score (nSPS) is 36.7. The molecule has 0 radical (unpaired) electrons. The molecule has 0 aromatic rings. The van der Waals surface area contributed by atoms with Gasteiger partial charge in [-0.1, -0.05) is 25.0 Å². The zero-order valence-corrected chi connectivity index (χ0v) is 9.49. The lowest BCUT2D eigenvalue weighted by molar-refractivity contribution is 0.0886. The fourth-order valence-corrected chi connectivity index (χ4v) is 2.71. The molecule has 1 fully saturated rings. The minimum absolute atomic E-state index is 0.0992. The Morgan fingerprint density at radius 3 is 2.73 bits per heavy atom. The Morgan fingerprint density at radius 2 is 2.00 bits per heavy atom. The van der Waals surface area contributed by atoms with Crippen molar-refractivity contribution in [3.63, 3.8) is 0 Å². The molecule has 2 aliphatic carbocycles. The molecule has 0 spiro atoms. The molecule has 1 saturated carbocycles. The van der Waals surface area contributed by atoms with Gasteiger partial charge in [0.15, 0.2) is 0 Å². The molecule has 0 aromatic carbocycles. The average molecular weight is 209 g/mol. The number of allylic oxidation sites excluding steroid dienone is 2. The molecule has 0 aliphatic heterocycles. The maximum absolute atomic E-state index is 9.82. The Bertz CT molecular complexity index is 215. The smallest absolute Gasteiger partial charge is 0.0693 e. The van der Waals surface area contributed by atoms with Gasteiger partial charge in [-0.25, -0.2) is 0 Å². The Labute approximate surface area is 92.8 Å². The molecule has 0 unspecified atom stereocenters. The summed E-state index contributed by atoms with van der Waals surface area (Å²) in [4.78, 5) is 0. The molecule has 3 atom stereocenters. The third-order valence-electron chi connectivity index (χ3n) is 3.78. The van der Waals surface area contributed by atoms with E-state index in [-0.39, 0.29) is 6.10 Å². The maximum atomic E-state index is 9.82. The van der Waals surface area contributed by atoms with Crippen LogP contribution in [0.3, 0.4) is 0 Å². The highest BCUT2D eigenvalue weighted by molar-refractivity contribution is 4.91. The molecule has 0 bridgehead atoms. The van der Waals surface area contributed by atoms with Crippen molar-refractivity contribution in [2.75, 3.05) is 6.54 Å². The highest BCUT2D eigenvalue weighted by atomic mass is 16.3. The van der Waals surface area contributed by atoms with Gasteiger partial charge in [0.1, 0.15) is 0 Å². The standard InChI is InChI=1S/C13H23NO/c15-13-9-5-4-8-12(13)14-10-11-6-2-1-3-7-11/h1-2,11-15H,3-10H2/t11-,12-,13-/m1/s1. The van der Waals surface area contributed by atoms with Crippen LogP contribution in [0.5, 0.6) is 0 Å². The number of hydrogen-bond donors (Lipinski definition) is 2. The van der Waals surface area contributed by atoms with Gasteiger partial charge in [-0.05, 0) is 44.6 Å². The van der Waals surface area contributed by atoms with E-state index in [0.717, 1.165) is 25.3 Å². The number of aliphatic hydroxyl groups excluding tert-OH is 1. The van der Waals surface area contributed by atoms with Crippen molar-refractivity contribution in [2.45, 2.75) is 57.1 Å². The summed E-state index contributed by atoms with van der Waals surface area (Å²) in [7, 11) is 0. The summed E-state index contributed by atoms with van der Waals surface area (Å²) < 4.78 is 0. The van der Waals surface area contributed by atoms with Gasteiger partial charge in [0.05, 0.1) is 6.10 Å². The first-order valence-electron chi connectivity index (χ1n) is 6.42. The van der Waals surface area contributed by atoms with Gasteiger partial charge in [0, 0.05) is 6.04 Å². The zero-order chi connectivity index (χ0) is 10.5. The monoisotopic (exact) mass is 209 g/mol. The molecule has 0 aromatic heterocycles.